The molecule has 0 saturated carbocycles. The van der Waals surface area contributed by atoms with Crippen LogP contribution in [0.4, 0.5) is 0 Å². The van der Waals surface area contributed by atoms with E-state index in [0.717, 1.165) is 0 Å². The summed E-state index contributed by atoms with van der Waals surface area (Å²) >= 11 is 5.69. The average molecular weight is 237 g/mol. The molecular formula is C11H9ClN2O2. The maximum absolute atomic E-state index is 9.73. The number of aliphatic hydroxyl groups excluding tert-OH is 2. The lowest BCUT2D eigenvalue weighted by molar-refractivity contribution is 0.0215. The molecular weight excluding hydrogens is 228 g/mol. The smallest absolute Gasteiger partial charge is 0.107 e. The van der Waals surface area contributed by atoms with Crippen LogP contribution in [0.1, 0.15) is 23.7 Å². The maximum atomic E-state index is 9.73. The van der Waals surface area contributed by atoms with Gasteiger partial charge >= 0.3 is 0 Å². The Kier molecular flexibility index (Phi) is 4.28. The Morgan fingerprint density at radius 3 is 2.56 bits per heavy atom. The SMILES string of the molecule is N#CCC(O)C(O)c1ccc(Cl)cc1C#N. The van der Waals surface area contributed by atoms with E-state index < -0.39 is 12.2 Å². The lowest BCUT2D eigenvalue weighted by Crippen LogP contribution is -2.18. The molecule has 0 fully saturated rings. The van der Waals surface area contributed by atoms with E-state index in [0.29, 0.717) is 5.02 Å². The lowest BCUT2D eigenvalue weighted by atomic mass is 9.98. The largest absolute Gasteiger partial charge is 0.389 e. The van der Waals surface area contributed by atoms with Gasteiger partial charge in [0.25, 0.3) is 0 Å². The molecule has 0 radical (unpaired) electrons. The van der Waals surface area contributed by atoms with E-state index in [9.17, 15) is 10.2 Å². The number of halogens is 1. The topological polar surface area (TPSA) is 88.0 Å². The van der Waals surface area contributed by atoms with Crippen LogP contribution >= 0.6 is 11.6 Å². The third-order valence-electron chi connectivity index (χ3n) is 2.12. The minimum Gasteiger partial charge on any atom is -0.389 e. The van der Waals surface area contributed by atoms with Crippen LogP contribution in [-0.4, -0.2) is 16.3 Å². The van der Waals surface area contributed by atoms with Gasteiger partial charge in [-0.05, 0) is 12.1 Å². The van der Waals surface area contributed by atoms with E-state index in [-0.39, 0.29) is 17.5 Å². The summed E-state index contributed by atoms with van der Waals surface area (Å²) in [5.74, 6) is 0. The van der Waals surface area contributed by atoms with Crippen LogP contribution in [0.2, 0.25) is 5.02 Å². The zero-order valence-corrected chi connectivity index (χ0v) is 9.02. The maximum Gasteiger partial charge on any atom is 0.107 e. The number of hydrogen-bond donors (Lipinski definition) is 2. The second kappa shape index (κ2) is 5.48. The van der Waals surface area contributed by atoms with Gasteiger partial charge < -0.3 is 10.2 Å². The molecule has 2 atom stereocenters. The van der Waals surface area contributed by atoms with Crippen molar-refractivity contribution in [2.75, 3.05) is 0 Å². The summed E-state index contributed by atoms with van der Waals surface area (Å²) < 4.78 is 0. The number of nitrogens with zero attached hydrogens (tertiary/aromatic N) is 2. The second-order valence-electron chi connectivity index (χ2n) is 3.22. The highest BCUT2D eigenvalue weighted by Crippen LogP contribution is 2.24. The van der Waals surface area contributed by atoms with Gasteiger partial charge in [0.15, 0.2) is 0 Å². The molecule has 0 aromatic heterocycles. The summed E-state index contributed by atoms with van der Waals surface area (Å²) in [7, 11) is 0. The van der Waals surface area contributed by atoms with E-state index in [4.69, 9.17) is 22.1 Å². The van der Waals surface area contributed by atoms with Crippen molar-refractivity contribution in [3.05, 3.63) is 34.3 Å². The zero-order valence-electron chi connectivity index (χ0n) is 8.26. The van der Waals surface area contributed by atoms with Crippen molar-refractivity contribution in [2.45, 2.75) is 18.6 Å². The van der Waals surface area contributed by atoms with Gasteiger partial charge in [-0.1, -0.05) is 17.7 Å². The number of benzene rings is 1. The van der Waals surface area contributed by atoms with Crippen LogP contribution in [-0.2, 0) is 0 Å². The van der Waals surface area contributed by atoms with Crippen LogP contribution in [0, 0.1) is 22.7 Å². The van der Waals surface area contributed by atoms with Crippen molar-refractivity contribution in [3.63, 3.8) is 0 Å². The average Bonchev–Trinajstić information content (AvgIpc) is 2.28. The monoisotopic (exact) mass is 236 g/mol. The van der Waals surface area contributed by atoms with Crippen molar-refractivity contribution < 1.29 is 10.2 Å². The first-order valence-electron chi connectivity index (χ1n) is 4.52. The standard InChI is InChI=1S/C11H9ClN2O2/c12-8-1-2-9(7(5-8)6-14)11(16)10(15)3-4-13/h1-2,5,10-11,15-16H,3H2. The van der Waals surface area contributed by atoms with Gasteiger partial charge in [-0.2, -0.15) is 10.5 Å². The lowest BCUT2D eigenvalue weighted by Gasteiger charge is -2.16. The first kappa shape index (κ1) is 12.5. The van der Waals surface area contributed by atoms with Crippen LogP contribution in [0.5, 0.6) is 0 Å². The second-order valence-corrected chi connectivity index (χ2v) is 3.65. The molecule has 82 valence electrons. The summed E-state index contributed by atoms with van der Waals surface area (Å²) in [4.78, 5) is 0. The fraction of sp³-hybridized carbons (Fsp3) is 0.273. The van der Waals surface area contributed by atoms with Gasteiger partial charge in [-0.25, -0.2) is 0 Å². The minimum atomic E-state index is -1.26. The summed E-state index contributed by atoms with van der Waals surface area (Å²) in [5.41, 5.74) is 0.464. The van der Waals surface area contributed by atoms with E-state index >= 15 is 0 Å². The Labute approximate surface area is 97.9 Å². The molecule has 1 rings (SSSR count). The highest BCUT2D eigenvalue weighted by Gasteiger charge is 2.21. The van der Waals surface area contributed by atoms with Crippen molar-refractivity contribution >= 4 is 11.6 Å². The molecule has 0 heterocycles. The molecule has 2 N–H and O–H groups in total. The summed E-state index contributed by atoms with van der Waals surface area (Å²) in [6.45, 7) is 0. The predicted octanol–water partition coefficient (Wildman–Crippen LogP) is 1.52. The highest BCUT2D eigenvalue weighted by molar-refractivity contribution is 6.30. The van der Waals surface area contributed by atoms with E-state index in [1.165, 1.54) is 18.2 Å². The molecule has 0 amide bonds. The van der Waals surface area contributed by atoms with Crippen LogP contribution in [0.25, 0.3) is 0 Å². The third kappa shape index (κ3) is 2.71. The minimum absolute atomic E-state index is 0.192. The van der Waals surface area contributed by atoms with Crippen molar-refractivity contribution in [3.8, 4) is 12.1 Å². The molecule has 4 nitrogen and oxygen atoms in total. The fourth-order valence-corrected chi connectivity index (χ4v) is 1.47. The number of rotatable bonds is 3. The molecule has 16 heavy (non-hydrogen) atoms. The van der Waals surface area contributed by atoms with Gasteiger partial charge in [-0.15, -0.1) is 0 Å². The predicted molar refractivity (Wildman–Crippen MR) is 57.4 cm³/mol. The fourth-order valence-electron chi connectivity index (χ4n) is 1.30. The van der Waals surface area contributed by atoms with Gasteiger partial charge in [0, 0.05) is 10.6 Å². The molecule has 0 spiro atoms. The van der Waals surface area contributed by atoms with Gasteiger partial charge in [-0.3, -0.25) is 0 Å². The molecule has 5 heteroatoms. The molecule has 0 aliphatic carbocycles. The Hall–Kier alpha value is -1.59. The summed E-state index contributed by atoms with van der Waals surface area (Å²) in [6, 6.07) is 8.00. The molecule has 0 aliphatic rings. The zero-order chi connectivity index (χ0) is 12.1. The molecule has 0 bridgehead atoms. The molecule has 2 unspecified atom stereocenters. The van der Waals surface area contributed by atoms with Crippen molar-refractivity contribution in [2.24, 2.45) is 0 Å². The number of aliphatic hydroxyl groups is 2. The van der Waals surface area contributed by atoms with Crippen LogP contribution in [0.3, 0.4) is 0 Å². The Balaban J connectivity index is 3.05. The number of hydrogen-bond acceptors (Lipinski definition) is 4. The van der Waals surface area contributed by atoms with E-state index in [1.807, 2.05) is 6.07 Å². The van der Waals surface area contributed by atoms with Crippen LogP contribution < -0.4 is 0 Å². The van der Waals surface area contributed by atoms with Gasteiger partial charge in [0.2, 0.25) is 0 Å². The van der Waals surface area contributed by atoms with Crippen LogP contribution in [0.15, 0.2) is 18.2 Å². The summed E-state index contributed by atoms with van der Waals surface area (Å²) in [6.07, 6.45) is -2.67. The Morgan fingerprint density at radius 1 is 1.31 bits per heavy atom. The van der Waals surface area contributed by atoms with Crippen molar-refractivity contribution in [1.29, 1.82) is 10.5 Å². The highest BCUT2D eigenvalue weighted by atomic mass is 35.5. The first-order chi connectivity index (χ1) is 7.60. The third-order valence-corrected chi connectivity index (χ3v) is 2.35. The van der Waals surface area contributed by atoms with Gasteiger partial charge in [0.1, 0.15) is 6.10 Å². The normalized spacial score (nSPS) is 13.6. The quantitative estimate of drug-likeness (QED) is 0.833. The Bertz CT molecular complexity index is 462. The first-order valence-corrected chi connectivity index (χ1v) is 4.90. The Morgan fingerprint density at radius 2 is 2.00 bits per heavy atom. The summed E-state index contributed by atoms with van der Waals surface area (Å²) in [5, 5.41) is 36.8. The van der Waals surface area contributed by atoms with Crippen molar-refractivity contribution in [1.82, 2.24) is 0 Å². The molecule has 0 saturated heterocycles. The van der Waals surface area contributed by atoms with E-state index in [1.54, 1.807) is 6.07 Å². The molecule has 1 aromatic rings. The van der Waals surface area contributed by atoms with Gasteiger partial charge in [0.05, 0.1) is 30.2 Å². The number of nitriles is 2. The molecule has 0 aliphatic heterocycles. The molecule has 1 aromatic carbocycles. The van der Waals surface area contributed by atoms with E-state index in [2.05, 4.69) is 0 Å².